The zero-order valence-corrected chi connectivity index (χ0v) is 25.1. The van der Waals surface area contributed by atoms with E-state index in [1.807, 2.05) is 86.6 Å². The molecule has 0 saturated heterocycles. The molecule has 3 aromatic carbocycles. The molecule has 1 atom stereocenters. The van der Waals surface area contributed by atoms with E-state index in [9.17, 15) is 9.59 Å². The van der Waals surface area contributed by atoms with Crippen molar-refractivity contribution in [3.8, 4) is 39.3 Å². The van der Waals surface area contributed by atoms with Gasteiger partial charge in [-0.25, -0.2) is 9.67 Å². The summed E-state index contributed by atoms with van der Waals surface area (Å²) in [4.78, 5) is 31.6. The van der Waals surface area contributed by atoms with E-state index in [4.69, 9.17) is 20.2 Å². The van der Waals surface area contributed by atoms with Crippen molar-refractivity contribution in [2.24, 2.45) is 11.7 Å². The normalized spacial score (nSPS) is 11.9. The lowest BCUT2D eigenvalue weighted by Gasteiger charge is -2.14. The van der Waals surface area contributed by atoms with E-state index in [1.165, 1.54) is 9.20 Å². The summed E-state index contributed by atoms with van der Waals surface area (Å²) < 4.78 is 13.6. The topological polar surface area (TPSA) is 142 Å². The van der Waals surface area contributed by atoms with Gasteiger partial charge in [0.25, 0.3) is 5.56 Å². The molecule has 4 N–H and O–H groups in total. The molecular formula is C34H33N7O4. The van der Waals surface area contributed by atoms with E-state index in [-0.39, 0.29) is 18.2 Å². The number of hydrogen-bond acceptors (Lipinski definition) is 8. The molecule has 228 valence electrons. The van der Waals surface area contributed by atoms with Gasteiger partial charge < -0.3 is 20.5 Å². The monoisotopic (exact) mass is 603 g/mol. The number of nitrogens with one attached hydrogen (secondary N) is 2. The second kappa shape index (κ2) is 12.5. The van der Waals surface area contributed by atoms with Gasteiger partial charge in [-0.2, -0.15) is 9.61 Å². The van der Waals surface area contributed by atoms with Crippen molar-refractivity contribution in [3.05, 3.63) is 108 Å². The Labute approximate surface area is 259 Å². The highest BCUT2D eigenvalue weighted by Gasteiger charge is 2.23. The Morgan fingerprint density at radius 1 is 0.911 bits per heavy atom. The molecule has 11 nitrogen and oxygen atoms in total. The lowest BCUT2D eigenvalue weighted by atomic mass is 10.0. The molecule has 11 heteroatoms. The van der Waals surface area contributed by atoms with Crippen LogP contribution in [0, 0.1) is 5.92 Å². The molecule has 6 rings (SSSR count). The smallest absolute Gasteiger partial charge is 0.324 e. The maximum atomic E-state index is 14.3. The fourth-order valence-electron chi connectivity index (χ4n) is 4.99. The summed E-state index contributed by atoms with van der Waals surface area (Å²) in [6, 6.07) is 27.8. The quantitative estimate of drug-likeness (QED) is 0.175. The van der Waals surface area contributed by atoms with E-state index in [1.54, 1.807) is 31.5 Å². The van der Waals surface area contributed by atoms with Crippen molar-refractivity contribution in [3.63, 3.8) is 0 Å². The Morgan fingerprint density at radius 2 is 1.56 bits per heavy atom. The number of fused-ring (bicyclic) bond motifs is 1. The van der Waals surface area contributed by atoms with Gasteiger partial charge in [-0.05, 0) is 29.2 Å². The van der Waals surface area contributed by atoms with Gasteiger partial charge >= 0.3 is 5.97 Å². The van der Waals surface area contributed by atoms with Crippen LogP contribution in [0.2, 0.25) is 0 Å². The fourth-order valence-corrected chi connectivity index (χ4v) is 4.99. The molecule has 3 aromatic heterocycles. The standard InChI is InChI=1S/C34H33N7O4/c1-21(2)29(35)34(43)45-20-40-19-18-26(38-40)36-31-28(23-14-16-25(44-3)17-15-23)33(42)41-32(37-31)27(22-10-6-4-7-11-22)30(39-41)24-12-8-5-9-13-24/h4-19,21,29,39H,20,35H2,1-3H3,(H,36,38). The summed E-state index contributed by atoms with van der Waals surface area (Å²) in [5.74, 6) is 0.813. The van der Waals surface area contributed by atoms with Crippen LogP contribution < -0.4 is 21.3 Å². The van der Waals surface area contributed by atoms with Crippen LogP contribution in [0.3, 0.4) is 0 Å². The van der Waals surface area contributed by atoms with Crippen LogP contribution in [0.25, 0.3) is 39.2 Å². The molecule has 0 aliphatic carbocycles. The molecule has 3 heterocycles. The number of methoxy groups -OCH3 is 1. The lowest BCUT2D eigenvalue weighted by molar-refractivity contribution is -0.150. The number of rotatable bonds is 10. The number of aromatic nitrogens is 5. The molecule has 0 spiro atoms. The van der Waals surface area contributed by atoms with Gasteiger partial charge in [0.05, 0.1) is 23.9 Å². The Hall–Kier alpha value is -5.68. The summed E-state index contributed by atoms with van der Waals surface area (Å²) in [5, 5.41) is 11.1. The number of anilines is 2. The molecule has 0 fully saturated rings. The molecule has 0 saturated carbocycles. The van der Waals surface area contributed by atoms with Gasteiger partial charge in [-0.15, -0.1) is 0 Å². The molecule has 0 aliphatic rings. The molecule has 0 radical (unpaired) electrons. The van der Waals surface area contributed by atoms with Crippen LogP contribution in [-0.4, -0.2) is 43.5 Å². The molecule has 1 unspecified atom stereocenters. The summed E-state index contributed by atoms with van der Waals surface area (Å²) >= 11 is 0. The van der Waals surface area contributed by atoms with E-state index < -0.39 is 12.0 Å². The highest BCUT2D eigenvalue weighted by Crippen LogP contribution is 2.36. The first-order valence-electron chi connectivity index (χ1n) is 14.5. The molecule has 0 amide bonds. The molecule has 45 heavy (non-hydrogen) atoms. The molecule has 0 aliphatic heterocycles. The number of ether oxygens (including phenoxy) is 2. The van der Waals surface area contributed by atoms with Gasteiger partial charge in [0, 0.05) is 17.8 Å². The summed E-state index contributed by atoms with van der Waals surface area (Å²) in [6.07, 6.45) is 1.66. The number of H-pyrrole nitrogens is 1. The number of carbonyl (C=O) groups excluding carboxylic acids is 1. The third-order valence-corrected chi connectivity index (χ3v) is 7.50. The highest BCUT2D eigenvalue weighted by atomic mass is 16.5. The Morgan fingerprint density at radius 3 is 2.20 bits per heavy atom. The van der Waals surface area contributed by atoms with Gasteiger partial charge in [0.1, 0.15) is 17.6 Å². The SMILES string of the molecule is COc1ccc(-c2c(Nc3ccn(COC(=O)C(N)C(C)C)n3)nc3c(-c4ccccc4)c(-c4ccccc4)[nH]n3c2=O)cc1. The van der Waals surface area contributed by atoms with E-state index in [0.29, 0.717) is 34.2 Å². The van der Waals surface area contributed by atoms with E-state index in [0.717, 1.165) is 22.4 Å². The summed E-state index contributed by atoms with van der Waals surface area (Å²) in [7, 11) is 1.59. The fraction of sp³-hybridized carbons (Fsp3) is 0.176. The predicted octanol–water partition coefficient (Wildman–Crippen LogP) is 5.46. The van der Waals surface area contributed by atoms with Crippen molar-refractivity contribution >= 4 is 23.3 Å². The zero-order valence-electron chi connectivity index (χ0n) is 25.1. The number of nitrogens with zero attached hydrogens (tertiary/aromatic N) is 4. The van der Waals surface area contributed by atoms with Gasteiger partial charge in [-0.3, -0.25) is 14.7 Å². The van der Waals surface area contributed by atoms with Crippen LogP contribution in [-0.2, 0) is 16.3 Å². The largest absolute Gasteiger partial charge is 0.497 e. The average Bonchev–Trinajstić information content (AvgIpc) is 3.69. The number of benzene rings is 3. The Balaban J connectivity index is 1.48. The molecule has 0 bridgehead atoms. The second-order valence-corrected chi connectivity index (χ2v) is 10.8. The van der Waals surface area contributed by atoms with E-state index >= 15 is 0 Å². The van der Waals surface area contributed by atoms with Crippen LogP contribution >= 0.6 is 0 Å². The summed E-state index contributed by atoms with van der Waals surface area (Å²) in [6.45, 7) is 3.59. The minimum absolute atomic E-state index is 0.0551. The van der Waals surface area contributed by atoms with Gasteiger partial charge in [0.15, 0.2) is 18.2 Å². The average molecular weight is 604 g/mol. The lowest BCUT2D eigenvalue weighted by Crippen LogP contribution is -2.37. The second-order valence-electron chi connectivity index (χ2n) is 10.8. The minimum atomic E-state index is -0.727. The first-order valence-corrected chi connectivity index (χ1v) is 14.5. The van der Waals surface area contributed by atoms with Crippen molar-refractivity contribution < 1.29 is 14.3 Å². The third-order valence-electron chi connectivity index (χ3n) is 7.50. The predicted molar refractivity (Wildman–Crippen MR) is 173 cm³/mol. The summed E-state index contributed by atoms with van der Waals surface area (Å²) in [5.41, 5.74) is 10.4. The van der Waals surface area contributed by atoms with E-state index in [2.05, 4.69) is 15.5 Å². The maximum Gasteiger partial charge on any atom is 0.324 e. The van der Waals surface area contributed by atoms with Crippen molar-refractivity contribution in [2.75, 3.05) is 12.4 Å². The number of carbonyl (C=O) groups is 1. The van der Waals surface area contributed by atoms with Gasteiger partial charge in [0.2, 0.25) is 0 Å². The van der Waals surface area contributed by atoms with Crippen molar-refractivity contribution in [1.82, 2.24) is 24.4 Å². The third kappa shape index (κ3) is 5.93. The molecular weight excluding hydrogens is 570 g/mol. The number of nitrogens with two attached hydrogens (primary N) is 1. The number of esters is 1. The number of hydrogen-bond donors (Lipinski definition) is 3. The molecule has 6 aromatic rings. The van der Waals surface area contributed by atoms with Crippen LogP contribution in [0.1, 0.15) is 13.8 Å². The van der Waals surface area contributed by atoms with Crippen LogP contribution in [0.4, 0.5) is 11.6 Å². The van der Waals surface area contributed by atoms with Gasteiger partial charge in [-0.1, -0.05) is 86.6 Å². The van der Waals surface area contributed by atoms with Crippen molar-refractivity contribution in [2.45, 2.75) is 26.6 Å². The first-order chi connectivity index (χ1) is 21.8. The zero-order chi connectivity index (χ0) is 31.5. The number of aromatic amines is 1. The minimum Gasteiger partial charge on any atom is -0.497 e. The van der Waals surface area contributed by atoms with Crippen molar-refractivity contribution in [1.29, 1.82) is 0 Å². The highest BCUT2D eigenvalue weighted by molar-refractivity contribution is 5.92. The Kier molecular flexibility index (Phi) is 8.17. The maximum absolute atomic E-state index is 14.3. The Bertz CT molecular complexity index is 2000. The van der Waals surface area contributed by atoms with Crippen LogP contribution in [0.5, 0.6) is 5.75 Å². The van der Waals surface area contributed by atoms with Crippen LogP contribution in [0.15, 0.2) is 102 Å². The first kappa shape index (κ1) is 29.4.